The average molecular weight is 370 g/mol. The number of ether oxygens (including phenoxy) is 2. The van der Waals surface area contributed by atoms with E-state index in [1.54, 1.807) is 21.3 Å². The summed E-state index contributed by atoms with van der Waals surface area (Å²) in [4.78, 5) is 15.4. The van der Waals surface area contributed by atoms with Gasteiger partial charge in [-0.05, 0) is 29.8 Å². The molecule has 0 radical (unpaired) electrons. The highest BCUT2D eigenvalue weighted by Crippen LogP contribution is 2.24. The molecule has 144 valence electrons. The first kappa shape index (κ1) is 20.1. The fraction of sp³-hybridized carbons (Fsp3) is 0.300. The number of carbonyl (C=O) groups excluding carboxylic acids is 1. The van der Waals surface area contributed by atoms with Gasteiger partial charge in [-0.25, -0.2) is 0 Å². The molecule has 2 aromatic carbocycles. The van der Waals surface area contributed by atoms with Crippen LogP contribution < -0.4 is 25.4 Å². The van der Waals surface area contributed by atoms with E-state index in [2.05, 4.69) is 20.9 Å². The van der Waals surface area contributed by atoms with Crippen LogP contribution in [0, 0.1) is 0 Å². The number of carbonyl (C=O) groups is 1. The molecule has 0 unspecified atom stereocenters. The number of hydrogen-bond acceptors (Lipinski definition) is 4. The molecule has 2 rings (SSSR count). The Kier molecular flexibility index (Phi) is 7.49. The van der Waals surface area contributed by atoms with Gasteiger partial charge in [0.25, 0.3) is 0 Å². The summed E-state index contributed by atoms with van der Waals surface area (Å²) < 4.78 is 10.6. The van der Waals surface area contributed by atoms with Gasteiger partial charge in [0.2, 0.25) is 5.91 Å². The minimum absolute atomic E-state index is 0.0916. The van der Waals surface area contributed by atoms with Crippen LogP contribution in [-0.4, -0.2) is 33.1 Å². The fourth-order valence-electron chi connectivity index (χ4n) is 2.55. The monoisotopic (exact) mass is 370 g/mol. The molecule has 3 N–H and O–H groups in total. The molecule has 0 aromatic heterocycles. The topological polar surface area (TPSA) is 84.0 Å². The number of hydrogen-bond donors (Lipinski definition) is 3. The lowest BCUT2D eigenvalue weighted by Gasteiger charge is -2.15. The maximum atomic E-state index is 11.2. The van der Waals surface area contributed by atoms with Crippen LogP contribution in [-0.2, 0) is 17.9 Å². The molecule has 0 spiro atoms. The summed E-state index contributed by atoms with van der Waals surface area (Å²) in [6.45, 7) is 2.62. The van der Waals surface area contributed by atoms with E-state index in [1.807, 2.05) is 42.5 Å². The van der Waals surface area contributed by atoms with E-state index in [4.69, 9.17) is 9.47 Å². The van der Waals surface area contributed by atoms with Gasteiger partial charge in [-0.3, -0.25) is 9.79 Å². The highest BCUT2D eigenvalue weighted by Gasteiger charge is 2.06. The Hall–Kier alpha value is -3.22. The van der Waals surface area contributed by atoms with Crippen LogP contribution in [0.15, 0.2) is 47.5 Å². The number of rotatable bonds is 7. The van der Waals surface area contributed by atoms with Crippen molar-refractivity contribution < 1.29 is 14.3 Å². The van der Waals surface area contributed by atoms with E-state index < -0.39 is 0 Å². The zero-order valence-electron chi connectivity index (χ0n) is 16.1. The van der Waals surface area contributed by atoms with Crippen LogP contribution in [0.2, 0.25) is 0 Å². The Morgan fingerprint density at radius 3 is 2.48 bits per heavy atom. The number of anilines is 1. The summed E-state index contributed by atoms with van der Waals surface area (Å²) in [5, 5.41) is 9.30. The van der Waals surface area contributed by atoms with Crippen molar-refractivity contribution in [3.8, 4) is 11.5 Å². The SMILES string of the molecule is CN=C(NCc1cccc(NC(C)=O)c1)NCc1ccc(OC)cc1OC. The summed E-state index contributed by atoms with van der Waals surface area (Å²) in [5.74, 6) is 2.07. The fourth-order valence-corrected chi connectivity index (χ4v) is 2.55. The molecule has 0 aliphatic carbocycles. The van der Waals surface area contributed by atoms with Gasteiger partial charge in [-0.1, -0.05) is 12.1 Å². The van der Waals surface area contributed by atoms with Gasteiger partial charge in [0, 0.05) is 44.4 Å². The van der Waals surface area contributed by atoms with Crippen molar-refractivity contribution >= 4 is 17.6 Å². The molecule has 0 heterocycles. The molecule has 0 aliphatic heterocycles. The Labute approximate surface area is 159 Å². The maximum Gasteiger partial charge on any atom is 0.221 e. The van der Waals surface area contributed by atoms with Gasteiger partial charge in [0.05, 0.1) is 14.2 Å². The highest BCUT2D eigenvalue weighted by atomic mass is 16.5. The van der Waals surface area contributed by atoms with Crippen LogP contribution in [0.3, 0.4) is 0 Å². The second-order valence-electron chi connectivity index (χ2n) is 5.84. The Morgan fingerprint density at radius 1 is 1.04 bits per heavy atom. The number of amides is 1. The molecular formula is C20H26N4O3. The van der Waals surface area contributed by atoms with Crippen LogP contribution >= 0.6 is 0 Å². The molecule has 0 saturated carbocycles. The average Bonchev–Trinajstić information content (AvgIpc) is 2.67. The summed E-state index contributed by atoms with van der Waals surface area (Å²) in [6.07, 6.45) is 0. The summed E-state index contributed by atoms with van der Waals surface area (Å²) in [5.41, 5.74) is 2.80. The lowest BCUT2D eigenvalue weighted by atomic mass is 10.2. The third-order valence-corrected chi connectivity index (χ3v) is 3.87. The number of benzene rings is 2. The van der Waals surface area contributed by atoms with Crippen LogP contribution in [0.25, 0.3) is 0 Å². The van der Waals surface area contributed by atoms with E-state index in [9.17, 15) is 4.79 Å². The molecule has 7 heteroatoms. The lowest BCUT2D eigenvalue weighted by molar-refractivity contribution is -0.114. The molecular weight excluding hydrogens is 344 g/mol. The van der Waals surface area contributed by atoms with E-state index in [0.717, 1.165) is 28.3 Å². The van der Waals surface area contributed by atoms with Crippen molar-refractivity contribution in [1.29, 1.82) is 0 Å². The summed E-state index contributed by atoms with van der Waals surface area (Å²) in [6, 6.07) is 13.4. The minimum Gasteiger partial charge on any atom is -0.497 e. The molecule has 0 bridgehead atoms. The molecule has 7 nitrogen and oxygen atoms in total. The number of aliphatic imine (C=N–C) groups is 1. The number of nitrogens with zero attached hydrogens (tertiary/aromatic N) is 1. The third kappa shape index (κ3) is 6.22. The zero-order valence-corrected chi connectivity index (χ0v) is 16.1. The first-order valence-electron chi connectivity index (χ1n) is 8.57. The first-order chi connectivity index (χ1) is 13.0. The van der Waals surface area contributed by atoms with Crippen LogP contribution in [0.1, 0.15) is 18.1 Å². The number of guanidine groups is 1. The summed E-state index contributed by atoms with van der Waals surface area (Å²) in [7, 11) is 4.97. The van der Waals surface area contributed by atoms with E-state index >= 15 is 0 Å². The van der Waals surface area contributed by atoms with E-state index in [1.165, 1.54) is 6.92 Å². The second-order valence-corrected chi connectivity index (χ2v) is 5.84. The smallest absolute Gasteiger partial charge is 0.221 e. The van der Waals surface area contributed by atoms with Gasteiger partial charge in [0.15, 0.2) is 5.96 Å². The quantitative estimate of drug-likeness (QED) is 0.515. The van der Waals surface area contributed by atoms with Crippen molar-refractivity contribution in [3.05, 3.63) is 53.6 Å². The van der Waals surface area contributed by atoms with Gasteiger partial charge in [0.1, 0.15) is 11.5 Å². The largest absolute Gasteiger partial charge is 0.497 e. The van der Waals surface area contributed by atoms with Crippen LogP contribution in [0.5, 0.6) is 11.5 Å². The number of nitrogens with one attached hydrogen (secondary N) is 3. The molecule has 0 aliphatic rings. The first-order valence-corrected chi connectivity index (χ1v) is 8.57. The maximum absolute atomic E-state index is 11.2. The molecule has 0 atom stereocenters. The number of methoxy groups -OCH3 is 2. The molecule has 1 amide bonds. The predicted octanol–water partition coefficient (Wildman–Crippen LogP) is 2.53. The van der Waals surface area contributed by atoms with Gasteiger partial charge in [-0.15, -0.1) is 0 Å². The van der Waals surface area contributed by atoms with Crippen molar-refractivity contribution in [2.75, 3.05) is 26.6 Å². The second kappa shape index (κ2) is 10.1. The lowest BCUT2D eigenvalue weighted by Crippen LogP contribution is -2.36. The standard InChI is InChI=1S/C20H26N4O3/c1-14(25)24-17-7-5-6-15(10-17)12-22-20(21-2)23-13-16-8-9-18(26-3)11-19(16)27-4/h5-11H,12-13H2,1-4H3,(H,24,25)(H2,21,22,23). The highest BCUT2D eigenvalue weighted by molar-refractivity contribution is 5.88. The normalized spacial score (nSPS) is 10.9. The van der Waals surface area contributed by atoms with Gasteiger partial charge < -0.3 is 25.4 Å². The van der Waals surface area contributed by atoms with Crippen molar-refractivity contribution in [2.45, 2.75) is 20.0 Å². The van der Waals surface area contributed by atoms with Crippen LogP contribution in [0.4, 0.5) is 5.69 Å². The molecule has 2 aromatic rings. The minimum atomic E-state index is -0.0916. The molecule has 0 saturated heterocycles. The Bertz CT molecular complexity index is 806. The van der Waals surface area contributed by atoms with Gasteiger partial charge in [-0.2, -0.15) is 0 Å². The summed E-state index contributed by atoms with van der Waals surface area (Å²) >= 11 is 0. The van der Waals surface area contributed by atoms with E-state index in [0.29, 0.717) is 19.0 Å². The molecule has 0 fully saturated rings. The van der Waals surface area contributed by atoms with E-state index in [-0.39, 0.29) is 5.91 Å². The Morgan fingerprint density at radius 2 is 1.81 bits per heavy atom. The van der Waals surface area contributed by atoms with Crippen molar-refractivity contribution in [3.63, 3.8) is 0 Å². The Balaban J connectivity index is 1.94. The molecule has 27 heavy (non-hydrogen) atoms. The van der Waals surface area contributed by atoms with Crippen molar-refractivity contribution in [1.82, 2.24) is 10.6 Å². The van der Waals surface area contributed by atoms with Gasteiger partial charge >= 0.3 is 0 Å². The van der Waals surface area contributed by atoms with Crippen molar-refractivity contribution in [2.24, 2.45) is 4.99 Å². The zero-order chi connectivity index (χ0) is 19.6. The third-order valence-electron chi connectivity index (χ3n) is 3.87. The predicted molar refractivity (Wildman–Crippen MR) is 107 cm³/mol.